The molecule has 0 aliphatic carbocycles. The minimum absolute atomic E-state index is 0.256. The highest BCUT2D eigenvalue weighted by molar-refractivity contribution is 5.74. The smallest absolute Gasteiger partial charge is 0.349 e. The predicted molar refractivity (Wildman–Crippen MR) is 113 cm³/mol. The van der Waals surface area contributed by atoms with Crippen LogP contribution in [0.5, 0.6) is 0 Å². The highest BCUT2D eigenvalue weighted by Crippen LogP contribution is 2.14. The Labute approximate surface area is 177 Å². The van der Waals surface area contributed by atoms with E-state index in [-0.39, 0.29) is 12.8 Å². The second-order valence-corrected chi connectivity index (χ2v) is 6.40. The minimum atomic E-state index is -1.05. The molecule has 0 unspecified atom stereocenters. The summed E-state index contributed by atoms with van der Waals surface area (Å²) in [5.41, 5.74) is 27.1. The van der Waals surface area contributed by atoms with Gasteiger partial charge < -0.3 is 15.9 Å². The molecule has 0 aromatic heterocycles. The topological polar surface area (TPSA) is 210 Å². The Morgan fingerprint density at radius 2 is 1.52 bits per heavy atom. The van der Waals surface area contributed by atoms with Crippen molar-refractivity contribution in [1.29, 1.82) is 0 Å². The average molecular weight is 426 g/mol. The van der Waals surface area contributed by atoms with Crippen LogP contribution in [0.4, 0.5) is 5.69 Å². The molecule has 2 aromatic carbocycles. The van der Waals surface area contributed by atoms with E-state index >= 15 is 0 Å². The summed E-state index contributed by atoms with van der Waals surface area (Å²) in [6.07, 6.45) is 0.528. The molecule has 0 spiro atoms. The van der Waals surface area contributed by atoms with Crippen molar-refractivity contribution in [3.8, 4) is 0 Å². The molecule has 0 aliphatic rings. The summed E-state index contributed by atoms with van der Waals surface area (Å²) in [5.74, 6) is -2.08. The largest absolute Gasteiger partial charge is 0.480 e. The quantitative estimate of drug-likeness (QED) is 0.204. The summed E-state index contributed by atoms with van der Waals surface area (Å²) < 4.78 is 0. The van der Waals surface area contributed by atoms with Gasteiger partial charge in [-0.05, 0) is 35.2 Å². The maximum Gasteiger partial charge on any atom is 0.349 e. The first-order chi connectivity index (χ1) is 14.8. The molecule has 0 saturated heterocycles. The maximum atomic E-state index is 10.8. The zero-order valence-electron chi connectivity index (χ0n) is 16.7. The summed E-state index contributed by atoms with van der Waals surface area (Å²) >= 11 is 0. The third kappa shape index (κ3) is 9.68. The lowest BCUT2D eigenvalue weighted by Gasteiger charge is -2.08. The zero-order valence-corrected chi connectivity index (χ0v) is 16.7. The van der Waals surface area contributed by atoms with Crippen molar-refractivity contribution in [2.75, 3.05) is 0 Å². The Balaban J connectivity index is 0.000000311. The molecule has 0 fully saturated rings. The van der Waals surface area contributed by atoms with Crippen LogP contribution in [0, 0.1) is 6.92 Å². The van der Waals surface area contributed by atoms with Crippen LogP contribution in [0.3, 0.4) is 0 Å². The third-order valence-corrected chi connectivity index (χ3v) is 3.99. The van der Waals surface area contributed by atoms with Gasteiger partial charge in [-0.25, -0.2) is 10.2 Å². The SMILES string of the molecule is Cc1ccc(C[C@H](NN=[N+]=[N-])C(=O)O)cc1.[N-]=[N+]=Nc1ccc(C[C@H](N)C(=O)O)cc1. The molecule has 2 rings (SSSR count). The molecule has 12 nitrogen and oxygen atoms in total. The van der Waals surface area contributed by atoms with E-state index in [0.717, 1.165) is 16.7 Å². The van der Waals surface area contributed by atoms with E-state index in [0.29, 0.717) is 5.69 Å². The fraction of sp³-hybridized carbons (Fsp3) is 0.263. The minimum Gasteiger partial charge on any atom is -0.480 e. The van der Waals surface area contributed by atoms with Gasteiger partial charge in [-0.2, -0.15) is 4.91 Å². The second kappa shape index (κ2) is 13.1. The Bertz CT molecular complexity index is 965. The van der Waals surface area contributed by atoms with Gasteiger partial charge in [-0.15, -0.1) is 5.53 Å². The molecule has 2 atom stereocenters. The van der Waals surface area contributed by atoms with Crippen LogP contribution >= 0.6 is 0 Å². The van der Waals surface area contributed by atoms with Crippen LogP contribution in [0.15, 0.2) is 58.9 Å². The number of azide groups is 2. The number of aryl methyl sites for hydroxylation is 1. The van der Waals surface area contributed by atoms with Crippen molar-refractivity contribution < 1.29 is 19.8 Å². The molecule has 31 heavy (non-hydrogen) atoms. The van der Waals surface area contributed by atoms with Gasteiger partial charge in [0, 0.05) is 17.0 Å². The molecule has 0 saturated carbocycles. The molecule has 2 aromatic rings. The highest BCUT2D eigenvalue weighted by atomic mass is 16.4. The number of carbonyl (C=O) groups is 2. The van der Waals surface area contributed by atoms with E-state index < -0.39 is 24.0 Å². The number of rotatable bonds is 9. The Kier molecular flexibility index (Phi) is 10.5. The first kappa shape index (κ1) is 24.8. The number of nitrogens with two attached hydrogens (primary N) is 1. The van der Waals surface area contributed by atoms with Gasteiger partial charge in [0.05, 0.1) is 0 Å². The first-order valence-corrected chi connectivity index (χ1v) is 8.97. The van der Waals surface area contributed by atoms with Gasteiger partial charge in [0.25, 0.3) is 0 Å². The lowest BCUT2D eigenvalue weighted by Crippen LogP contribution is -2.34. The summed E-state index contributed by atoms with van der Waals surface area (Å²) in [7, 11) is 0. The van der Waals surface area contributed by atoms with Crippen LogP contribution in [0.25, 0.3) is 20.9 Å². The molecular weight excluding hydrogens is 404 g/mol. The van der Waals surface area contributed by atoms with Crippen LogP contribution in [-0.2, 0) is 22.4 Å². The van der Waals surface area contributed by atoms with E-state index in [1.165, 1.54) is 0 Å². The Morgan fingerprint density at radius 1 is 0.968 bits per heavy atom. The summed E-state index contributed by atoms with van der Waals surface area (Å²) in [6.45, 7) is 1.96. The van der Waals surface area contributed by atoms with Gasteiger partial charge in [0.1, 0.15) is 6.04 Å². The zero-order chi connectivity index (χ0) is 23.2. The number of hydrogen-bond acceptors (Lipinski definition) is 5. The fourth-order valence-corrected chi connectivity index (χ4v) is 2.34. The number of aliphatic carboxylic acids is 2. The number of benzene rings is 2. The van der Waals surface area contributed by atoms with Crippen LogP contribution in [-0.4, -0.2) is 34.2 Å². The normalized spacial score (nSPS) is 11.4. The first-order valence-electron chi connectivity index (χ1n) is 8.97. The number of carboxylic acid groups (broad SMARTS) is 2. The van der Waals surface area contributed by atoms with Crippen molar-refractivity contribution in [3.63, 3.8) is 0 Å². The van der Waals surface area contributed by atoms with Crippen molar-refractivity contribution in [2.24, 2.45) is 16.1 Å². The van der Waals surface area contributed by atoms with E-state index in [2.05, 4.69) is 25.6 Å². The lowest BCUT2D eigenvalue weighted by atomic mass is 10.1. The molecule has 12 heteroatoms. The van der Waals surface area contributed by atoms with Crippen molar-refractivity contribution in [1.82, 2.24) is 5.43 Å². The van der Waals surface area contributed by atoms with Crippen molar-refractivity contribution >= 4 is 17.6 Å². The molecular formula is C19H22N8O4. The Hall–Kier alpha value is -4.24. The monoisotopic (exact) mass is 426 g/mol. The van der Waals surface area contributed by atoms with Crippen molar-refractivity contribution in [3.05, 3.63) is 86.1 Å². The molecule has 0 amide bonds. The fourth-order valence-electron chi connectivity index (χ4n) is 2.34. The highest BCUT2D eigenvalue weighted by Gasteiger charge is 2.19. The van der Waals surface area contributed by atoms with E-state index in [4.69, 9.17) is 27.0 Å². The summed E-state index contributed by atoms with van der Waals surface area (Å²) in [5, 5.41) is 23.9. The van der Waals surface area contributed by atoms with Gasteiger partial charge in [0.15, 0.2) is 6.04 Å². The van der Waals surface area contributed by atoms with Crippen molar-refractivity contribution in [2.45, 2.75) is 31.8 Å². The number of nitrogens with zero attached hydrogens (tertiary/aromatic N) is 6. The van der Waals surface area contributed by atoms with Gasteiger partial charge in [-0.3, -0.25) is 4.79 Å². The number of nitrogens with one attached hydrogen (secondary N) is 1. The molecule has 5 N–H and O–H groups in total. The lowest BCUT2D eigenvalue weighted by molar-refractivity contribution is -0.140. The summed E-state index contributed by atoms with van der Waals surface area (Å²) in [4.78, 5) is 26.4. The second-order valence-electron chi connectivity index (χ2n) is 6.40. The predicted octanol–water partition coefficient (Wildman–Crippen LogP) is 3.39. The van der Waals surface area contributed by atoms with E-state index in [1.807, 2.05) is 31.2 Å². The standard InChI is InChI=1S/C10H12N4O2.C9H10N4O2/c1-7-2-4-8(5-3-7)6-9(10(15)16)12-14-13-11;10-8(9(14)15)5-6-1-3-7(4-2-6)12-13-11/h2-5,9,12H,6H2,1H3,(H,15,16);1-4,8H,5,10H2,(H,14,15)/t9-;8-/m00/s1. The molecule has 0 bridgehead atoms. The van der Waals surface area contributed by atoms with Crippen LogP contribution in [0.1, 0.15) is 16.7 Å². The summed E-state index contributed by atoms with van der Waals surface area (Å²) in [6, 6.07) is 12.3. The molecule has 162 valence electrons. The van der Waals surface area contributed by atoms with E-state index in [9.17, 15) is 9.59 Å². The number of carboxylic acids is 2. The average Bonchev–Trinajstić information content (AvgIpc) is 2.74. The van der Waals surface area contributed by atoms with Gasteiger partial charge in [0.2, 0.25) is 0 Å². The van der Waals surface area contributed by atoms with Crippen LogP contribution in [0.2, 0.25) is 0 Å². The third-order valence-electron chi connectivity index (χ3n) is 3.99. The number of hydrogen-bond donors (Lipinski definition) is 4. The molecule has 0 heterocycles. The van der Waals surface area contributed by atoms with E-state index in [1.54, 1.807) is 24.3 Å². The Morgan fingerprint density at radius 3 is 2.00 bits per heavy atom. The van der Waals surface area contributed by atoms with Gasteiger partial charge in [-0.1, -0.05) is 59.2 Å². The van der Waals surface area contributed by atoms with Crippen LogP contribution < -0.4 is 11.2 Å². The van der Waals surface area contributed by atoms with Gasteiger partial charge >= 0.3 is 11.9 Å². The molecule has 0 aliphatic heterocycles. The maximum absolute atomic E-state index is 10.8. The molecule has 0 radical (unpaired) electrons.